The van der Waals surface area contributed by atoms with E-state index >= 15 is 0 Å². The average Bonchev–Trinajstić information content (AvgIpc) is 3.22. The zero-order chi connectivity index (χ0) is 20.3. The highest BCUT2D eigenvalue weighted by atomic mass is 32.1. The number of carbonyl (C=O) groups is 2. The maximum atomic E-state index is 12.7. The number of ether oxygens (including phenoxy) is 2. The summed E-state index contributed by atoms with van der Waals surface area (Å²) in [6.45, 7) is 8.06. The molecule has 1 aliphatic rings. The van der Waals surface area contributed by atoms with Gasteiger partial charge in [-0.15, -0.1) is 11.3 Å². The van der Waals surface area contributed by atoms with Crippen molar-refractivity contribution < 1.29 is 19.1 Å². The minimum Gasteiger partial charge on any atom is -0.481 e. The maximum Gasteiger partial charge on any atom is 0.341 e. The van der Waals surface area contributed by atoms with E-state index < -0.39 is 6.10 Å². The Morgan fingerprint density at radius 2 is 1.86 bits per heavy atom. The van der Waals surface area contributed by atoms with Crippen molar-refractivity contribution in [2.75, 3.05) is 11.9 Å². The molecular formula is C22H27NO4S. The van der Waals surface area contributed by atoms with Gasteiger partial charge in [-0.1, -0.05) is 26.0 Å². The summed E-state index contributed by atoms with van der Waals surface area (Å²) in [6, 6.07) is 7.77. The molecule has 0 aliphatic heterocycles. The first-order chi connectivity index (χ1) is 13.4. The number of aryl methyl sites for hydroxylation is 1. The third-order valence-corrected chi connectivity index (χ3v) is 6.07. The molecule has 1 aromatic carbocycles. The molecule has 1 amide bonds. The summed E-state index contributed by atoms with van der Waals surface area (Å²) >= 11 is 1.47. The Kier molecular flexibility index (Phi) is 6.39. The summed E-state index contributed by atoms with van der Waals surface area (Å²) in [5.41, 5.74) is 2.76. The fourth-order valence-electron chi connectivity index (χ4n) is 3.31. The molecule has 0 radical (unpaired) electrons. The van der Waals surface area contributed by atoms with Crippen molar-refractivity contribution in [3.63, 3.8) is 0 Å². The van der Waals surface area contributed by atoms with Crippen molar-refractivity contribution >= 4 is 28.2 Å². The van der Waals surface area contributed by atoms with Crippen LogP contribution in [0.2, 0.25) is 0 Å². The van der Waals surface area contributed by atoms with Crippen LogP contribution in [0.1, 0.15) is 66.4 Å². The highest BCUT2D eigenvalue weighted by Gasteiger charge is 2.29. The third kappa shape index (κ3) is 4.38. The molecule has 1 N–H and O–H groups in total. The number of rotatable bonds is 7. The molecule has 2 aromatic rings. The SMILES string of the molecule is CCOC(=O)c1c(NC(=O)[C@@H](C)Oc2ccc(C(C)C)cc2)sc2c1CCC2. The molecule has 0 saturated heterocycles. The molecule has 5 nitrogen and oxygen atoms in total. The summed E-state index contributed by atoms with van der Waals surface area (Å²) in [4.78, 5) is 26.3. The van der Waals surface area contributed by atoms with Gasteiger partial charge in [0, 0.05) is 4.88 Å². The smallest absolute Gasteiger partial charge is 0.341 e. The van der Waals surface area contributed by atoms with Gasteiger partial charge in [-0.3, -0.25) is 4.79 Å². The lowest BCUT2D eigenvalue weighted by atomic mass is 10.0. The van der Waals surface area contributed by atoms with Crippen LogP contribution >= 0.6 is 11.3 Å². The maximum absolute atomic E-state index is 12.7. The van der Waals surface area contributed by atoms with Crippen LogP contribution in [0.15, 0.2) is 24.3 Å². The van der Waals surface area contributed by atoms with Crippen molar-refractivity contribution in [2.45, 2.75) is 59.0 Å². The van der Waals surface area contributed by atoms with E-state index in [2.05, 4.69) is 19.2 Å². The zero-order valence-electron chi connectivity index (χ0n) is 16.8. The number of hydrogen-bond donors (Lipinski definition) is 1. The van der Waals surface area contributed by atoms with Crippen molar-refractivity contribution in [1.29, 1.82) is 0 Å². The van der Waals surface area contributed by atoms with Crippen LogP contribution in [-0.2, 0) is 22.4 Å². The van der Waals surface area contributed by atoms with Crippen molar-refractivity contribution in [3.8, 4) is 5.75 Å². The van der Waals surface area contributed by atoms with Crippen molar-refractivity contribution in [1.82, 2.24) is 0 Å². The molecule has 1 aromatic heterocycles. The van der Waals surface area contributed by atoms with Gasteiger partial charge in [0.2, 0.25) is 0 Å². The van der Waals surface area contributed by atoms with Crippen molar-refractivity contribution in [2.24, 2.45) is 0 Å². The number of hydrogen-bond acceptors (Lipinski definition) is 5. The third-order valence-electron chi connectivity index (χ3n) is 4.87. The van der Waals surface area contributed by atoms with E-state index in [-0.39, 0.29) is 11.9 Å². The van der Waals surface area contributed by atoms with Crippen LogP contribution in [0, 0.1) is 0 Å². The number of benzene rings is 1. The Balaban J connectivity index is 1.71. The number of carbonyl (C=O) groups excluding carboxylic acids is 2. The lowest BCUT2D eigenvalue weighted by Gasteiger charge is -2.15. The quantitative estimate of drug-likeness (QED) is 0.667. The molecule has 1 aliphatic carbocycles. The second-order valence-corrected chi connectivity index (χ2v) is 8.36. The van der Waals surface area contributed by atoms with E-state index in [1.165, 1.54) is 16.9 Å². The average molecular weight is 402 g/mol. The van der Waals surface area contributed by atoms with E-state index in [4.69, 9.17) is 9.47 Å². The zero-order valence-corrected chi connectivity index (χ0v) is 17.7. The van der Waals surface area contributed by atoms with Crippen LogP contribution in [0.25, 0.3) is 0 Å². The molecule has 0 spiro atoms. The Morgan fingerprint density at radius 3 is 2.50 bits per heavy atom. The lowest BCUT2D eigenvalue weighted by Crippen LogP contribution is -2.30. The molecular weight excluding hydrogens is 374 g/mol. The van der Waals surface area contributed by atoms with Crippen LogP contribution in [-0.4, -0.2) is 24.6 Å². The van der Waals surface area contributed by atoms with Gasteiger partial charge in [-0.05, 0) is 62.3 Å². The first-order valence-electron chi connectivity index (χ1n) is 9.79. The van der Waals surface area contributed by atoms with Gasteiger partial charge < -0.3 is 14.8 Å². The second-order valence-electron chi connectivity index (χ2n) is 7.26. The molecule has 1 heterocycles. The highest BCUT2D eigenvalue weighted by molar-refractivity contribution is 7.17. The molecule has 28 heavy (non-hydrogen) atoms. The highest BCUT2D eigenvalue weighted by Crippen LogP contribution is 2.39. The van der Waals surface area contributed by atoms with E-state index in [0.717, 1.165) is 29.7 Å². The normalized spacial score (nSPS) is 13.9. The van der Waals surface area contributed by atoms with Gasteiger partial charge >= 0.3 is 5.97 Å². The number of amides is 1. The molecule has 0 fully saturated rings. The lowest BCUT2D eigenvalue weighted by molar-refractivity contribution is -0.122. The van der Waals surface area contributed by atoms with Gasteiger partial charge in [0.15, 0.2) is 6.10 Å². The van der Waals surface area contributed by atoms with Crippen molar-refractivity contribution in [3.05, 3.63) is 45.8 Å². The predicted molar refractivity (Wildman–Crippen MR) is 112 cm³/mol. The summed E-state index contributed by atoms with van der Waals surface area (Å²) in [6.07, 6.45) is 2.14. The molecule has 1 atom stereocenters. The summed E-state index contributed by atoms with van der Waals surface area (Å²) in [5.74, 6) is 0.441. The molecule has 0 unspecified atom stereocenters. The summed E-state index contributed by atoms with van der Waals surface area (Å²) in [7, 11) is 0. The fourth-order valence-corrected chi connectivity index (χ4v) is 4.59. The molecule has 0 saturated carbocycles. The van der Waals surface area contributed by atoms with Gasteiger partial charge in [-0.2, -0.15) is 0 Å². The fraction of sp³-hybridized carbons (Fsp3) is 0.455. The minimum absolute atomic E-state index is 0.279. The first-order valence-corrected chi connectivity index (χ1v) is 10.6. The molecule has 150 valence electrons. The van der Waals surface area contributed by atoms with E-state index in [1.54, 1.807) is 13.8 Å². The van der Waals surface area contributed by atoms with Gasteiger partial charge in [0.05, 0.1) is 12.2 Å². The molecule has 3 rings (SSSR count). The second kappa shape index (κ2) is 8.78. The predicted octanol–water partition coefficient (Wildman–Crippen LogP) is 4.94. The largest absolute Gasteiger partial charge is 0.481 e. The standard InChI is InChI=1S/C22H27NO4S/c1-5-26-22(25)19-17-7-6-8-18(17)28-21(19)23-20(24)14(4)27-16-11-9-15(10-12-16)13(2)3/h9-14H,5-8H2,1-4H3,(H,23,24)/t14-/m1/s1. The number of anilines is 1. The molecule has 0 bridgehead atoms. The van der Waals surface area contributed by atoms with Crippen LogP contribution in [0.3, 0.4) is 0 Å². The number of esters is 1. The van der Waals surface area contributed by atoms with E-state index in [9.17, 15) is 9.59 Å². The topological polar surface area (TPSA) is 64.6 Å². The van der Waals surface area contributed by atoms with Crippen LogP contribution in [0.5, 0.6) is 5.75 Å². The van der Waals surface area contributed by atoms with E-state index in [1.807, 2.05) is 24.3 Å². The minimum atomic E-state index is -0.683. The van der Waals surface area contributed by atoms with Crippen LogP contribution < -0.4 is 10.1 Å². The first kappa shape index (κ1) is 20.4. The number of thiophene rings is 1. The van der Waals surface area contributed by atoms with Crippen LogP contribution in [0.4, 0.5) is 5.00 Å². The molecule has 6 heteroatoms. The van der Waals surface area contributed by atoms with Gasteiger partial charge in [0.1, 0.15) is 10.8 Å². The van der Waals surface area contributed by atoms with Gasteiger partial charge in [0.25, 0.3) is 5.91 Å². The Morgan fingerprint density at radius 1 is 1.14 bits per heavy atom. The number of nitrogens with one attached hydrogen (secondary N) is 1. The van der Waals surface area contributed by atoms with E-state index in [0.29, 0.717) is 28.8 Å². The monoisotopic (exact) mass is 401 g/mol. The Hall–Kier alpha value is -2.34. The summed E-state index contributed by atoms with van der Waals surface area (Å²) in [5, 5.41) is 3.45. The summed E-state index contributed by atoms with van der Waals surface area (Å²) < 4.78 is 11.0. The Labute approximate surface area is 170 Å². The van der Waals surface area contributed by atoms with Gasteiger partial charge in [-0.25, -0.2) is 4.79 Å². The Bertz CT molecular complexity index is 854. The number of fused-ring (bicyclic) bond motifs is 1.